The second-order valence-electron chi connectivity index (χ2n) is 10.8. The van der Waals surface area contributed by atoms with Crippen molar-refractivity contribution in [2.75, 3.05) is 6.54 Å². The summed E-state index contributed by atoms with van der Waals surface area (Å²) in [7, 11) is -4.09. The first-order chi connectivity index (χ1) is 19.3. The summed E-state index contributed by atoms with van der Waals surface area (Å²) in [5, 5.41) is 3.61. The molecule has 1 N–H and O–H groups in total. The maximum absolute atomic E-state index is 13.9. The normalized spacial score (nSPS) is 14.9. The molecule has 3 amide bonds. The van der Waals surface area contributed by atoms with Crippen molar-refractivity contribution in [2.45, 2.75) is 56.6 Å². The van der Waals surface area contributed by atoms with E-state index in [0.717, 1.165) is 5.56 Å². The minimum Gasteiger partial charge on any atom is -0.350 e. The predicted molar refractivity (Wildman–Crippen MR) is 158 cm³/mol. The maximum Gasteiger partial charge on any atom is 0.269 e. The number of carbonyl (C=O) groups is 3. The molecule has 0 aromatic heterocycles. The zero-order valence-electron chi connectivity index (χ0n) is 22.9. The molecule has 216 valence electrons. The number of halogens is 2. The molecule has 3 aromatic rings. The Labute approximate surface area is 250 Å². The number of rotatable bonds is 9. The lowest BCUT2D eigenvalue weighted by Crippen LogP contribution is -2.54. The first kappa shape index (κ1) is 30.6. The summed E-state index contributed by atoms with van der Waals surface area (Å²) < 4.78 is 26.8. The maximum atomic E-state index is 13.9. The lowest BCUT2D eigenvalue weighted by molar-refractivity contribution is -0.142. The molecule has 41 heavy (non-hydrogen) atoms. The van der Waals surface area contributed by atoms with Gasteiger partial charge in [0.25, 0.3) is 15.9 Å². The van der Waals surface area contributed by atoms with Gasteiger partial charge in [-0.2, -0.15) is 0 Å². The van der Waals surface area contributed by atoms with Gasteiger partial charge >= 0.3 is 0 Å². The molecule has 0 aliphatic carbocycles. The minimum atomic E-state index is -4.09. The third kappa shape index (κ3) is 7.09. The molecule has 0 bridgehead atoms. The molecule has 1 aliphatic rings. The van der Waals surface area contributed by atoms with Crippen molar-refractivity contribution >= 4 is 50.9 Å². The highest BCUT2D eigenvalue weighted by Crippen LogP contribution is 2.30. The number of fused-ring (bicyclic) bond motifs is 1. The van der Waals surface area contributed by atoms with Crippen LogP contribution in [0.25, 0.3) is 0 Å². The molecule has 4 rings (SSSR count). The molecule has 1 heterocycles. The van der Waals surface area contributed by atoms with Gasteiger partial charge in [-0.3, -0.25) is 14.4 Å². The Morgan fingerprint density at radius 3 is 2.22 bits per heavy atom. The monoisotopic (exact) mass is 615 g/mol. The molecule has 11 heteroatoms. The standard InChI is InChI=1S/C30H31Cl2N3O5S/c1-30(2,3)33-28(37)25(18-20-9-5-4-6-10-20)34(19-21-13-14-23(31)24(32)17-21)27(36)15-16-35-29(38)22-11-7-8-12-26(22)41(35,39)40/h4-14,17,25H,15-16,18-19H2,1-3H3,(H,33,37). The van der Waals surface area contributed by atoms with E-state index in [0.29, 0.717) is 19.9 Å². The van der Waals surface area contributed by atoms with Crippen molar-refractivity contribution in [1.29, 1.82) is 0 Å². The second-order valence-corrected chi connectivity index (χ2v) is 13.5. The van der Waals surface area contributed by atoms with E-state index in [1.54, 1.807) is 30.3 Å². The van der Waals surface area contributed by atoms with Gasteiger partial charge in [0, 0.05) is 31.5 Å². The highest BCUT2D eigenvalue weighted by Gasteiger charge is 2.41. The number of nitrogens with one attached hydrogen (secondary N) is 1. The summed E-state index contributed by atoms with van der Waals surface area (Å²) in [6.07, 6.45) is -0.115. The van der Waals surface area contributed by atoms with Gasteiger partial charge in [0.1, 0.15) is 10.9 Å². The number of amides is 3. The molecule has 0 fully saturated rings. The third-order valence-corrected chi connectivity index (χ3v) is 9.13. The van der Waals surface area contributed by atoms with Gasteiger partial charge in [-0.25, -0.2) is 12.7 Å². The van der Waals surface area contributed by atoms with E-state index in [9.17, 15) is 22.8 Å². The third-order valence-electron chi connectivity index (χ3n) is 6.55. The van der Waals surface area contributed by atoms with E-state index in [-0.39, 0.29) is 42.3 Å². The van der Waals surface area contributed by atoms with Gasteiger partial charge in [-0.1, -0.05) is 71.7 Å². The molecule has 0 spiro atoms. The van der Waals surface area contributed by atoms with Crippen LogP contribution in [0.15, 0.2) is 77.7 Å². The van der Waals surface area contributed by atoms with Gasteiger partial charge < -0.3 is 10.2 Å². The van der Waals surface area contributed by atoms with Crippen molar-refractivity contribution in [2.24, 2.45) is 0 Å². The Hall–Kier alpha value is -3.40. The molecule has 0 saturated carbocycles. The molecule has 1 unspecified atom stereocenters. The highest BCUT2D eigenvalue weighted by atomic mass is 35.5. The van der Waals surface area contributed by atoms with Gasteiger partial charge in [-0.15, -0.1) is 0 Å². The summed E-state index contributed by atoms with van der Waals surface area (Å²) in [4.78, 5) is 41.8. The van der Waals surface area contributed by atoms with Crippen LogP contribution in [-0.4, -0.2) is 53.5 Å². The zero-order chi connectivity index (χ0) is 29.9. The van der Waals surface area contributed by atoms with E-state index in [1.807, 2.05) is 51.1 Å². The number of sulfonamides is 1. The van der Waals surface area contributed by atoms with Crippen LogP contribution in [0.4, 0.5) is 0 Å². The Kier molecular flexibility index (Phi) is 9.11. The number of hydrogen-bond donors (Lipinski definition) is 1. The van der Waals surface area contributed by atoms with Crippen LogP contribution in [0.1, 0.15) is 48.7 Å². The summed E-state index contributed by atoms with van der Waals surface area (Å²) in [5.74, 6) is -1.55. The second kappa shape index (κ2) is 12.2. The fraction of sp³-hybridized carbons (Fsp3) is 0.300. The molecule has 3 aromatic carbocycles. The number of hydrogen-bond acceptors (Lipinski definition) is 5. The van der Waals surface area contributed by atoms with Crippen molar-refractivity contribution < 1.29 is 22.8 Å². The summed E-state index contributed by atoms with van der Waals surface area (Å²) >= 11 is 12.4. The first-order valence-electron chi connectivity index (χ1n) is 13.0. The SMILES string of the molecule is CC(C)(C)NC(=O)C(Cc1ccccc1)N(Cc1ccc(Cl)c(Cl)c1)C(=O)CCN1C(=O)c2ccccc2S1(=O)=O. The van der Waals surface area contributed by atoms with E-state index in [1.165, 1.54) is 17.0 Å². The summed E-state index contributed by atoms with van der Waals surface area (Å²) in [6, 6.07) is 19.2. The zero-order valence-corrected chi connectivity index (χ0v) is 25.3. The van der Waals surface area contributed by atoms with Gasteiger partial charge in [0.05, 0.1) is 15.6 Å². The fourth-order valence-corrected chi connectivity index (χ4v) is 6.52. The van der Waals surface area contributed by atoms with Gasteiger partial charge in [0.15, 0.2) is 0 Å². The van der Waals surface area contributed by atoms with E-state index < -0.39 is 33.4 Å². The van der Waals surface area contributed by atoms with Crippen LogP contribution in [0.2, 0.25) is 10.0 Å². The molecule has 0 saturated heterocycles. The van der Waals surface area contributed by atoms with E-state index in [4.69, 9.17) is 23.2 Å². The molecule has 8 nitrogen and oxygen atoms in total. The van der Waals surface area contributed by atoms with E-state index >= 15 is 0 Å². The Bertz CT molecular complexity index is 1570. The summed E-state index contributed by atoms with van der Waals surface area (Å²) in [6.45, 7) is 5.17. The smallest absolute Gasteiger partial charge is 0.269 e. The lowest BCUT2D eigenvalue weighted by atomic mass is 10.0. The van der Waals surface area contributed by atoms with Crippen LogP contribution in [0, 0.1) is 0 Å². The number of carbonyl (C=O) groups excluding carboxylic acids is 3. The van der Waals surface area contributed by atoms with Crippen molar-refractivity contribution in [3.8, 4) is 0 Å². The molecular formula is C30H31Cl2N3O5S. The molecular weight excluding hydrogens is 585 g/mol. The molecule has 0 radical (unpaired) electrons. The van der Waals surface area contributed by atoms with Crippen LogP contribution in [-0.2, 0) is 32.6 Å². The van der Waals surface area contributed by atoms with Gasteiger partial charge in [0.2, 0.25) is 11.8 Å². The van der Waals surface area contributed by atoms with Crippen molar-refractivity contribution in [3.05, 3.63) is 99.5 Å². The summed E-state index contributed by atoms with van der Waals surface area (Å²) in [5.41, 5.74) is 0.957. The van der Waals surface area contributed by atoms with Crippen molar-refractivity contribution in [3.63, 3.8) is 0 Å². The van der Waals surface area contributed by atoms with Crippen LogP contribution in [0.3, 0.4) is 0 Å². The largest absolute Gasteiger partial charge is 0.350 e. The average molecular weight is 617 g/mol. The number of nitrogens with zero attached hydrogens (tertiary/aromatic N) is 2. The van der Waals surface area contributed by atoms with Gasteiger partial charge in [-0.05, 0) is 56.2 Å². The Morgan fingerprint density at radius 1 is 0.927 bits per heavy atom. The quantitative estimate of drug-likeness (QED) is 0.361. The predicted octanol–water partition coefficient (Wildman–Crippen LogP) is 5.08. The van der Waals surface area contributed by atoms with Crippen LogP contribution in [0.5, 0.6) is 0 Å². The lowest BCUT2D eigenvalue weighted by Gasteiger charge is -2.34. The fourth-order valence-electron chi connectivity index (χ4n) is 4.63. The first-order valence-corrected chi connectivity index (χ1v) is 15.2. The minimum absolute atomic E-state index is 0.00566. The molecule has 1 aliphatic heterocycles. The van der Waals surface area contributed by atoms with E-state index in [2.05, 4.69) is 5.32 Å². The topological polar surface area (TPSA) is 104 Å². The highest BCUT2D eigenvalue weighted by molar-refractivity contribution is 7.90. The number of benzene rings is 3. The molecule has 1 atom stereocenters. The van der Waals surface area contributed by atoms with Crippen molar-refractivity contribution in [1.82, 2.24) is 14.5 Å². The van der Waals surface area contributed by atoms with Crippen LogP contribution >= 0.6 is 23.2 Å². The Morgan fingerprint density at radius 2 is 1.59 bits per heavy atom. The average Bonchev–Trinajstić information content (AvgIpc) is 3.11. The van der Waals surface area contributed by atoms with Crippen LogP contribution < -0.4 is 5.32 Å². The Balaban J connectivity index is 1.67.